The molecule has 0 heterocycles. The van der Waals surface area contributed by atoms with E-state index in [0.29, 0.717) is 13.0 Å². The minimum atomic E-state index is -0.633. The maximum Gasteiger partial charge on any atom is 0.228 e. The Balaban J connectivity index is 1.72. The maximum atomic E-state index is 11.8. The van der Waals surface area contributed by atoms with Gasteiger partial charge in [-0.2, -0.15) is 0 Å². The SMILES string of the molecule is O=C(CC(=O)C(=O)CCc1ccccc1)NCc1ccccc1. The number of amides is 1. The number of ketones is 2. The van der Waals surface area contributed by atoms with Gasteiger partial charge in [0, 0.05) is 13.0 Å². The Morgan fingerprint density at radius 1 is 0.739 bits per heavy atom. The molecule has 0 aliphatic carbocycles. The minimum Gasteiger partial charge on any atom is -0.352 e. The minimum absolute atomic E-state index is 0.134. The normalized spacial score (nSPS) is 10.1. The van der Waals surface area contributed by atoms with Crippen LogP contribution in [0.2, 0.25) is 0 Å². The molecule has 0 aliphatic heterocycles. The van der Waals surface area contributed by atoms with Crippen molar-refractivity contribution in [3.8, 4) is 0 Å². The second-order valence-electron chi connectivity index (χ2n) is 5.27. The zero-order valence-electron chi connectivity index (χ0n) is 12.8. The van der Waals surface area contributed by atoms with Crippen molar-refractivity contribution in [2.75, 3.05) is 0 Å². The number of rotatable bonds is 8. The molecule has 118 valence electrons. The molecule has 0 bridgehead atoms. The number of aryl methyl sites for hydroxylation is 1. The van der Waals surface area contributed by atoms with Crippen LogP contribution >= 0.6 is 0 Å². The van der Waals surface area contributed by atoms with Crippen molar-refractivity contribution in [2.24, 2.45) is 0 Å². The molecule has 1 amide bonds. The first-order valence-electron chi connectivity index (χ1n) is 7.56. The van der Waals surface area contributed by atoms with E-state index in [1.165, 1.54) is 0 Å². The molecule has 2 aromatic carbocycles. The summed E-state index contributed by atoms with van der Waals surface area (Å²) in [4.78, 5) is 35.3. The van der Waals surface area contributed by atoms with Crippen molar-refractivity contribution in [3.05, 3.63) is 71.8 Å². The molecule has 4 nitrogen and oxygen atoms in total. The summed E-state index contributed by atoms with van der Waals surface area (Å²) in [5.74, 6) is -1.55. The summed E-state index contributed by atoms with van der Waals surface area (Å²) in [5, 5.41) is 2.65. The van der Waals surface area contributed by atoms with Gasteiger partial charge in [0.25, 0.3) is 0 Å². The second kappa shape index (κ2) is 8.63. The molecule has 0 atom stereocenters. The number of nitrogens with one attached hydrogen (secondary N) is 1. The van der Waals surface area contributed by atoms with Gasteiger partial charge in [-0.05, 0) is 17.5 Å². The lowest BCUT2D eigenvalue weighted by Gasteiger charge is -2.05. The summed E-state index contributed by atoms with van der Waals surface area (Å²) in [7, 11) is 0. The molecule has 0 fully saturated rings. The molecular weight excluding hydrogens is 290 g/mol. The fraction of sp³-hybridized carbons (Fsp3) is 0.211. The predicted octanol–water partition coefficient (Wildman–Crippen LogP) is 2.46. The van der Waals surface area contributed by atoms with Crippen LogP contribution in [0.5, 0.6) is 0 Å². The first-order valence-corrected chi connectivity index (χ1v) is 7.56. The maximum absolute atomic E-state index is 11.8. The van der Waals surface area contributed by atoms with Crippen molar-refractivity contribution in [1.29, 1.82) is 0 Å². The van der Waals surface area contributed by atoms with Gasteiger partial charge in [-0.3, -0.25) is 14.4 Å². The molecule has 2 aromatic rings. The van der Waals surface area contributed by atoms with Crippen LogP contribution in [0, 0.1) is 0 Å². The van der Waals surface area contributed by atoms with Crippen molar-refractivity contribution >= 4 is 17.5 Å². The first kappa shape index (κ1) is 16.6. The summed E-state index contributed by atoms with van der Waals surface area (Å²) in [6.07, 6.45) is 0.256. The van der Waals surface area contributed by atoms with Crippen LogP contribution in [-0.2, 0) is 27.3 Å². The van der Waals surface area contributed by atoms with Crippen molar-refractivity contribution < 1.29 is 14.4 Å². The lowest BCUT2D eigenvalue weighted by molar-refractivity contribution is -0.139. The van der Waals surface area contributed by atoms with Gasteiger partial charge in [-0.25, -0.2) is 0 Å². The van der Waals surface area contributed by atoms with Gasteiger partial charge in [0.05, 0.1) is 6.42 Å². The number of hydrogen-bond acceptors (Lipinski definition) is 3. The molecule has 0 unspecified atom stereocenters. The van der Waals surface area contributed by atoms with Gasteiger partial charge in [0.15, 0.2) is 5.78 Å². The summed E-state index contributed by atoms with van der Waals surface area (Å²) >= 11 is 0. The van der Waals surface area contributed by atoms with E-state index in [9.17, 15) is 14.4 Å². The summed E-state index contributed by atoms with van der Waals surface area (Å²) in [6, 6.07) is 18.9. The topological polar surface area (TPSA) is 63.2 Å². The largest absolute Gasteiger partial charge is 0.352 e. The van der Waals surface area contributed by atoms with Gasteiger partial charge in [-0.15, -0.1) is 0 Å². The number of hydrogen-bond donors (Lipinski definition) is 1. The molecule has 0 saturated heterocycles. The van der Waals surface area contributed by atoms with Gasteiger partial charge >= 0.3 is 0 Å². The van der Waals surface area contributed by atoms with Gasteiger partial charge in [0.2, 0.25) is 11.7 Å². The van der Waals surface area contributed by atoms with E-state index in [4.69, 9.17) is 0 Å². The highest BCUT2D eigenvalue weighted by atomic mass is 16.2. The van der Waals surface area contributed by atoms with E-state index in [-0.39, 0.29) is 12.8 Å². The molecule has 2 rings (SSSR count). The average molecular weight is 309 g/mol. The van der Waals surface area contributed by atoms with Crippen LogP contribution in [0.1, 0.15) is 24.0 Å². The van der Waals surface area contributed by atoms with Crippen molar-refractivity contribution in [2.45, 2.75) is 25.8 Å². The van der Waals surface area contributed by atoms with E-state index in [0.717, 1.165) is 11.1 Å². The Bertz CT molecular complexity index is 666. The van der Waals surface area contributed by atoms with E-state index < -0.39 is 17.5 Å². The Kier molecular flexibility index (Phi) is 6.24. The van der Waals surface area contributed by atoms with E-state index in [1.807, 2.05) is 60.7 Å². The van der Waals surface area contributed by atoms with E-state index in [2.05, 4.69) is 5.32 Å². The number of carbonyl (C=O) groups is 3. The predicted molar refractivity (Wildman–Crippen MR) is 87.7 cm³/mol. The lowest BCUT2D eigenvalue weighted by Crippen LogP contribution is -2.28. The standard InChI is InChI=1S/C19H19NO3/c21-17(12-11-15-7-3-1-4-8-15)18(22)13-19(23)20-14-16-9-5-2-6-10-16/h1-10H,11-14H2,(H,20,23). The third kappa shape index (κ3) is 5.87. The van der Waals surface area contributed by atoms with Crippen LogP contribution in [0.25, 0.3) is 0 Å². The smallest absolute Gasteiger partial charge is 0.228 e. The number of carbonyl (C=O) groups excluding carboxylic acids is 3. The zero-order chi connectivity index (χ0) is 16.5. The fourth-order valence-corrected chi connectivity index (χ4v) is 2.15. The monoisotopic (exact) mass is 309 g/mol. The fourth-order valence-electron chi connectivity index (χ4n) is 2.15. The Morgan fingerprint density at radius 2 is 1.30 bits per heavy atom. The molecule has 0 saturated carbocycles. The van der Waals surface area contributed by atoms with Crippen LogP contribution in [-0.4, -0.2) is 17.5 Å². The number of benzene rings is 2. The lowest BCUT2D eigenvalue weighted by atomic mass is 10.0. The average Bonchev–Trinajstić information content (AvgIpc) is 2.59. The Hall–Kier alpha value is -2.75. The van der Waals surface area contributed by atoms with Crippen LogP contribution in [0.3, 0.4) is 0 Å². The van der Waals surface area contributed by atoms with Crippen LogP contribution < -0.4 is 5.32 Å². The molecule has 0 radical (unpaired) electrons. The van der Waals surface area contributed by atoms with Gasteiger partial charge in [0.1, 0.15) is 0 Å². The summed E-state index contributed by atoms with van der Waals surface area (Å²) in [5.41, 5.74) is 1.95. The molecule has 23 heavy (non-hydrogen) atoms. The van der Waals surface area contributed by atoms with Crippen LogP contribution in [0.4, 0.5) is 0 Å². The second-order valence-corrected chi connectivity index (χ2v) is 5.27. The zero-order valence-corrected chi connectivity index (χ0v) is 12.8. The molecule has 0 spiro atoms. The highest BCUT2D eigenvalue weighted by Crippen LogP contribution is 2.04. The molecule has 1 N–H and O–H groups in total. The van der Waals surface area contributed by atoms with Crippen molar-refractivity contribution in [3.63, 3.8) is 0 Å². The number of Topliss-reactive ketones (excluding diaryl/α,β-unsaturated/α-hetero) is 2. The van der Waals surface area contributed by atoms with Crippen LogP contribution in [0.15, 0.2) is 60.7 Å². The first-order chi connectivity index (χ1) is 11.1. The van der Waals surface area contributed by atoms with Gasteiger partial charge < -0.3 is 5.32 Å². The molecule has 0 aromatic heterocycles. The highest BCUT2D eigenvalue weighted by molar-refractivity contribution is 6.40. The van der Waals surface area contributed by atoms with Crippen molar-refractivity contribution in [1.82, 2.24) is 5.32 Å². The highest BCUT2D eigenvalue weighted by Gasteiger charge is 2.17. The summed E-state index contributed by atoms with van der Waals surface area (Å²) in [6.45, 7) is 0.352. The third-order valence-corrected chi connectivity index (χ3v) is 3.45. The Labute approximate surface area is 135 Å². The summed E-state index contributed by atoms with van der Waals surface area (Å²) < 4.78 is 0. The Morgan fingerprint density at radius 3 is 1.91 bits per heavy atom. The third-order valence-electron chi connectivity index (χ3n) is 3.45. The molecule has 0 aliphatic rings. The molecular formula is C19H19NO3. The van der Waals surface area contributed by atoms with Gasteiger partial charge in [-0.1, -0.05) is 60.7 Å². The quantitative estimate of drug-likeness (QED) is 0.602. The molecule has 4 heteroatoms. The van der Waals surface area contributed by atoms with E-state index >= 15 is 0 Å². The van der Waals surface area contributed by atoms with E-state index in [1.54, 1.807) is 0 Å².